The Kier molecular flexibility index (Phi) is 9.11. The summed E-state index contributed by atoms with van der Waals surface area (Å²) in [6.45, 7) is 6.23. The lowest BCUT2D eigenvalue weighted by Crippen LogP contribution is -2.54. The van der Waals surface area contributed by atoms with E-state index < -0.39 is 0 Å². The lowest BCUT2D eigenvalue weighted by atomic mass is 10.1. The Hall–Kier alpha value is -1.74. The Labute approximate surface area is 187 Å². The lowest BCUT2D eigenvalue weighted by Gasteiger charge is -2.36. The standard InChI is InChI=1S/C20H25ClN4O2.HI/c1-2-22-20(23-15-18-7-4-12-27-18)25-10-8-24(9-11-25)19(26)14-16-5-3-6-17(21)13-16;/h3-7,12-13H,2,8-11,14-15H2,1H3,(H,22,23);1H. The van der Waals surface area contributed by atoms with Gasteiger partial charge < -0.3 is 19.5 Å². The number of hydrogen-bond acceptors (Lipinski definition) is 3. The average Bonchev–Trinajstić information content (AvgIpc) is 3.19. The van der Waals surface area contributed by atoms with Gasteiger partial charge in [-0.05, 0) is 36.8 Å². The molecule has 6 nitrogen and oxygen atoms in total. The summed E-state index contributed by atoms with van der Waals surface area (Å²) in [6.07, 6.45) is 2.04. The molecule has 1 aliphatic heterocycles. The van der Waals surface area contributed by atoms with E-state index >= 15 is 0 Å². The fourth-order valence-corrected chi connectivity index (χ4v) is 3.30. The summed E-state index contributed by atoms with van der Waals surface area (Å²) in [4.78, 5) is 21.3. The van der Waals surface area contributed by atoms with E-state index in [4.69, 9.17) is 16.0 Å². The maximum absolute atomic E-state index is 12.6. The predicted molar refractivity (Wildman–Crippen MR) is 122 cm³/mol. The largest absolute Gasteiger partial charge is 0.467 e. The second kappa shape index (κ2) is 11.3. The van der Waals surface area contributed by atoms with Gasteiger partial charge in [0.05, 0.1) is 12.7 Å². The molecule has 0 radical (unpaired) electrons. The van der Waals surface area contributed by atoms with Crippen molar-refractivity contribution in [3.05, 3.63) is 59.0 Å². The predicted octanol–water partition coefficient (Wildman–Crippen LogP) is 3.40. The molecule has 2 aromatic rings. The van der Waals surface area contributed by atoms with Gasteiger partial charge in [-0.25, -0.2) is 4.99 Å². The number of carbonyl (C=O) groups excluding carboxylic acids is 1. The molecule has 1 saturated heterocycles. The second-order valence-electron chi connectivity index (χ2n) is 6.42. The summed E-state index contributed by atoms with van der Waals surface area (Å²) in [6, 6.07) is 11.3. The van der Waals surface area contributed by atoms with Crippen LogP contribution >= 0.6 is 35.6 Å². The van der Waals surface area contributed by atoms with Gasteiger partial charge in [-0.1, -0.05) is 23.7 Å². The van der Waals surface area contributed by atoms with Crippen molar-refractivity contribution in [3.63, 3.8) is 0 Å². The molecule has 0 aliphatic carbocycles. The van der Waals surface area contributed by atoms with Crippen molar-refractivity contribution in [2.45, 2.75) is 19.9 Å². The van der Waals surface area contributed by atoms with Crippen molar-refractivity contribution < 1.29 is 9.21 Å². The van der Waals surface area contributed by atoms with Crippen LogP contribution in [0.4, 0.5) is 0 Å². The molecule has 1 aromatic carbocycles. The van der Waals surface area contributed by atoms with Crippen LogP contribution in [0, 0.1) is 0 Å². The van der Waals surface area contributed by atoms with Gasteiger partial charge in [0.2, 0.25) is 5.91 Å². The molecule has 1 aliphatic rings. The molecule has 1 fully saturated rings. The molecule has 152 valence electrons. The summed E-state index contributed by atoms with van der Waals surface area (Å²) < 4.78 is 5.35. The fraction of sp³-hybridized carbons (Fsp3) is 0.400. The zero-order valence-corrected chi connectivity index (χ0v) is 19.0. The van der Waals surface area contributed by atoms with Crippen molar-refractivity contribution in [1.29, 1.82) is 0 Å². The molecule has 0 unspecified atom stereocenters. The number of amides is 1. The summed E-state index contributed by atoms with van der Waals surface area (Å²) in [7, 11) is 0. The van der Waals surface area contributed by atoms with E-state index in [1.54, 1.807) is 6.26 Å². The summed E-state index contributed by atoms with van der Waals surface area (Å²) in [5, 5.41) is 3.98. The highest BCUT2D eigenvalue weighted by atomic mass is 127. The number of carbonyl (C=O) groups is 1. The summed E-state index contributed by atoms with van der Waals surface area (Å²) in [5.41, 5.74) is 0.947. The lowest BCUT2D eigenvalue weighted by molar-refractivity contribution is -0.131. The number of aliphatic imine (C=N–C) groups is 1. The molecule has 8 heteroatoms. The first kappa shape index (κ1) is 22.5. The van der Waals surface area contributed by atoms with Crippen LogP contribution in [0.15, 0.2) is 52.1 Å². The summed E-state index contributed by atoms with van der Waals surface area (Å²) in [5.74, 6) is 1.83. The van der Waals surface area contributed by atoms with Gasteiger partial charge in [0, 0.05) is 37.7 Å². The molecule has 0 spiro atoms. The van der Waals surface area contributed by atoms with E-state index in [0.29, 0.717) is 31.1 Å². The number of piperazine rings is 1. The van der Waals surface area contributed by atoms with Crippen molar-refractivity contribution in [2.75, 3.05) is 32.7 Å². The molecular formula is C20H26ClIN4O2. The minimum atomic E-state index is 0. The molecule has 2 heterocycles. The minimum Gasteiger partial charge on any atom is -0.467 e. The Balaban J connectivity index is 0.00000280. The molecule has 1 amide bonds. The van der Waals surface area contributed by atoms with E-state index in [2.05, 4.69) is 15.2 Å². The Bertz CT molecular complexity index is 774. The zero-order chi connectivity index (χ0) is 19.1. The molecule has 0 atom stereocenters. The first-order chi connectivity index (χ1) is 13.2. The molecule has 28 heavy (non-hydrogen) atoms. The van der Waals surface area contributed by atoms with E-state index in [9.17, 15) is 4.79 Å². The molecular weight excluding hydrogens is 491 g/mol. The van der Waals surface area contributed by atoms with Gasteiger partial charge in [0.25, 0.3) is 0 Å². The van der Waals surface area contributed by atoms with Crippen molar-refractivity contribution in [2.24, 2.45) is 4.99 Å². The third kappa shape index (κ3) is 6.41. The average molecular weight is 517 g/mol. The SMILES string of the molecule is CCNC(=NCc1ccco1)N1CCN(C(=O)Cc2cccc(Cl)c2)CC1.I. The number of rotatable bonds is 5. The first-order valence-electron chi connectivity index (χ1n) is 9.23. The Morgan fingerprint density at radius 2 is 1.93 bits per heavy atom. The van der Waals surface area contributed by atoms with Crippen molar-refractivity contribution in [1.82, 2.24) is 15.1 Å². The van der Waals surface area contributed by atoms with Crippen molar-refractivity contribution >= 4 is 47.4 Å². The summed E-state index contributed by atoms with van der Waals surface area (Å²) >= 11 is 6.01. The second-order valence-corrected chi connectivity index (χ2v) is 6.86. The number of hydrogen-bond donors (Lipinski definition) is 1. The third-order valence-corrected chi connectivity index (χ3v) is 4.71. The van der Waals surface area contributed by atoms with Crippen LogP contribution in [0.5, 0.6) is 0 Å². The van der Waals surface area contributed by atoms with E-state index in [0.717, 1.165) is 36.9 Å². The first-order valence-corrected chi connectivity index (χ1v) is 9.61. The highest BCUT2D eigenvalue weighted by Gasteiger charge is 2.23. The molecule has 3 rings (SSSR count). The van der Waals surface area contributed by atoms with Gasteiger partial charge in [-0.3, -0.25) is 4.79 Å². The number of benzene rings is 1. The van der Waals surface area contributed by atoms with Gasteiger partial charge in [-0.2, -0.15) is 0 Å². The van der Waals surface area contributed by atoms with Crippen LogP contribution < -0.4 is 5.32 Å². The number of nitrogens with zero attached hydrogens (tertiary/aromatic N) is 3. The molecule has 1 aromatic heterocycles. The smallest absolute Gasteiger partial charge is 0.227 e. The molecule has 0 saturated carbocycles. The number of guanidine groups is 1. The monoisotopic (exact) mass is 516 g/mol. The highest BCUT2D eigenvalue weighted by Crippen LogP contribution is 2.13. The zero-order valence-electron chi connectivity index (χ0n) is 15.9. The number of halogens is 2. The number of nitrogens with one attached hydrogen (secondary N) is 1. The fourth-order valence-electron chi connectivity index (χ4n) is 3.08. The quantitative estimate of drug-likeness (QED) is 0.376. The Morgan fingerprint density at radius 3 is 2.57 bits per heavy atom. The van der Waals surface area contributed by atoms with Gasteiger partial charge in [0.1, 0.15) is 12.3 Å². The van der Waals surface area contributed by atoms with Crippen LogP contribution in [0.1, 0.15) is 18.2 Å². The molecule has 0 bridgehead atoms. The van der Waals surface area contributed by atoms with Gasteiger partial charge >= 0.3 is 0 Å². The maximum Gasteiger partial charge on any atom is 0.227 e. The highest BCUT2D eigenvalue weighted by molar-refractivity contribution is 14.0. The minimum absolute atomic E-state index is 0. The van der Waals surface area contributed by atoms with E-state index in [1.165, 1.54) is 0 Å². The maximum atomic E-state index is 12.6. The van der Waals surface area contributed by atoms with E-state index in [-0.39, 0.29) is 29.9 Å². The van der Waals surface area contributed by atoms with Crippen LogP contribution in [0.2, 0.25) is 5.02 Å². The normalized spacial score (nSPS) is 14.6. The van der Waals surface area contributed by atoms with E-state index in [1.807, 2.05) is 48.2 Å². The number of furan rings is 1. The van der Waals surface area contributed by atoms with Crippen LogP contribution in [0.3, 0.4) is 0 Å². The molecule has 1 N–H and O–H groups in total. The third-order valence-electron chi connectivity index (χ3n) is 4.48. The Morgan fingerprint density at radius 1 is 1.18 bits per heavy atom. The van der Waals surface area contributed by atoms with Crippen LogP contribution in [-0.4, -0.2) is 54.4 Å². The van der Waals surface area contributed by atoms with Crippen LogP contribution in [0.25, 0.3) is 0 Å². The van der Waals surface area contributed by atoms with Gasteiger partial charge in [0.15, 0.2) is 5.96 Å². The van der Waals surface area contributed by atoms with Crippen LogP contribution in [-0.2, 0) is 17.8 Å². The van der Waals surface area contributed by atoms with Crippen molar-refractivity contribution in [3.8, 4) is 0 Å². The van der Waals surface area contributed by atoms with Gasteiger partial charge in [-0.15, -0.1) is 24.0 Å². The topological polar surface area (TPSA) is 61.1 Å².